The number of hydrogen-bond donors (Lipinski definition) is 0. The molecule has 2 heteroatoms. The Morgan fingerprint density at radius 2 is 1.73 bits per heavy atom. The molecule has 0 spiro atoms. The third-order valence-corrected chi connectivity index (χ3v) is 5.68. The molecule has 0 amide bonds. The van der Waals surface area contributed by atoms with Gasteiger partial charge in [0.1, 0.15) is 0 Å². The van der Waals surface area contributed by atoms with Crippen molar-refractivity contribution in [3.63, 3.8) is 0 Å². The first kappa shape index (κ1) is 12.7. The molecule has 2 aliphatic carbocycles. The molecule has 1 aliphatic heterocycles. The fraction of sp³-hybridized carbons (Fsp3) is 0.400. The van der Waals surface area contributed by atoms with E-state index in [1.165, 1.54) is 18.5 Å². The summed E-state index contributed by atoms with van der Waals surface area (Å²) in [5.74, 6) is 1.36. The van der Waals surface area contributed by atoms with Crippen LogP contribution in [0.4, 0.5) is 5.69 Å². The predicted molar refractivity (Wildman–Crippen MR) is 88.8 cm³/mol. The molecule has 0 N–H and O–H groups in total. The van der Waals surface area contributed by atoms with Gasteiger partial charge in [-0.2, -0.15) is 0 Å². The lowest BCUT2D eigenvalue weighted by Gasteiger charge is -2.31. The molecule has 2 aromatic carbocycles. The van der Waals surface area contributed by atoms with Crippen LogP contribution >= 0.6 is 0 Å². The zero-order valence-corrected chi connectivity index (χ0v) is 12.8. The van der Waals surface area contributed by atoms with Gasteiger partial charge in [0.05, 0.1) is 13.2 Å². The van der Waals surface area contributed by atoms with Crippen LogP contribution in [0.15, 0.2) is 42.5 Å². The van der Waals surface area contributed by atoms with Crippen LogP contribution in [0.1, 0.15) is 40.5 Å². The fourth-order valence-electron chi connectivity index (χ4n) is 4.62. The van der Waals surface area contributed by atoms with Crippen molar-refractivity contribution in [1.82, 2.24) is 0 Å². The van der Waals surface area contributed by atoms with E-state index in [0.717, 1.165) is 32.2 Å². The summed E-state index contributed by atoms with van der Waals surface area (Å²) in [4.78, 5) is 2.47. The lowest BCUT2D eigenvalue weighted by molar-refractivity contribution is 0.122. The minimum atomic E-state index is 0.628. The van der Waals surface area contributed by atoms with Gasteiger partial charge in [-0.15, -0.1) is 0 Å². The number of anilines is 1. The summed E-state index contributed by atoms with van der Waals surface area (Å²) in [6.45, 7) is 3.75. The van der Waals surface area contributed by atoms with Crippen LogP contribution in [0.2, 0.25) is 0 Å². The van der Waals surface area contributed by atoms with Crippen molar-refractivity contribution < 1.29 is 4.74 Å². The van der Waals surface area contributed by atoms with Crippen LogP contribution in [-0.4, -0.2) is 26.3 Å². The molecule has 0 saturated carbocycles. The molecule has 2 nitrogen and oxygen atoms in total. The van der Waals surface area contributed by atoms with Crippen molar-refractivity contribution >= 4 is 5.69 Å². The van der Waals surface area contributed by atoms with Gasteiger partial charge in [0.15, 0.2) is 0 Å². The standard InChI is InChI=1S/C20H21NO/c1-2-4-19-17(3-1)15-11-14-12-16(21-7-9-22-10-8-21)5-6-18(14)20(19)13-15/h1-6,12,15,20H,7-11,13H2. The summed E-state index contributed by atoms with van der Waals surface area (Å²) in [6.07, 6.45) is 2.52. The van der Waals surface area contributed by atoms with Crippen LogP contribution in [0.25, 0.3) is 0 Å². The normalized spacial score (nSPS) is 25.7. The van der Waals surface area contributed by atoms with Crippen molar-refractivity contribution in [1.29, 1.82) is 0 Å². The van der Waals surface area contributed by atoms with Gasteiger partial charge >= 0.3 is 0 Å². The number of nitrogens with zero attached hydrogens (tertiary/aromatic N) is 1. The Morgan fingerprint density at radius 1 is 0.909 bits per heavy atom. The van der Waals surface area contributed by atoms with E-state index in [-0.39, 0.29) is 0 Å². The lowest BCUT2D eigenvalue weighted by Crippen LogP contribution is -2.36. The third-order valence-electron chi connectivity index (χ3n) is 5.68. The van der Waals surface area contributed by atoms with Crippen LogP contribution in [-0.2, 0) is 11.2 Å². The zero-order valence-electron chi connectivity index (χ0n) is 12.8. The Bertz CT molecular complexity index is 717. The van der Waals surface area contributed by atoms with Crippen molar-refractivity contribution in [2.24, 2.45) is 0 Å². The molecule has 2 atom stereocenters. The summed E-state index contributed by atoms with van der Waals surface area (Å²) in [5.41, 5.74) is 7.69. The van der Waals surface area contributed by atoms with E-state index >= 15 is 0 Å². The maximum absolute atomic E-state index is 5.48. The Labute approximate surface area is 131 Å². The Hall–Kier alpha value is -1.80. The molecular formula is C20H21NO. The second-order valence-corrected chi connectivity index (χ2v) is 6.80. The average Bonchev–Trinajstić information content (AvgIpc) is 2.89. The van der Waals surface area contributed by atoms with Gasteiger partial charge < -0.3 is 9.64 Å². The molecule has 3 aliphatic rings. The molecule has 5 rings (SSSR count). The van der Waals surface area contributed by atoms with Gasteiger partial charge in [0, 0.05) is 24.7 Å². The molecule has 1 fully saturated rings. The van der Waals surface area contributed by atoms with Crippen LogP contribution < -0.4 is 4.90 Å². The topological polar surface area (TPSA) is 12.5 Å². The molecule has 1 saturated heterocycles. The van der Waals surface area contributed by atoms with Gasteiger partial charge in [0.25, 0.3) is 0 Å². The van der Waals surface area contributed by atoms with Gasteiger partial charge in [-0.1, -0.05) is 30.3 Å². The minimum absolute atomic E-state index is 0.628. The van der Waals surface area contributed by atoms with Gasteiger partial charge in [-0.05, 0) is 53.1 Å². The Kier molecular flexibility index (Phi) is 2.80. The lowest BCUT2D eigenvalue weighted by atomic mass is 9.81. The highest BCUT2D eigenvalue weighted by Gasteiger charge is 2.37. The molecule has 2 unspecified atom stereocenters. The SMILES string of the molecule is c1ccc2c(c1)C1Cc3cc(N4CCOCC4)ccc3C2C1. The largest absolute Gasteiger partial charge is 0.378 e. The number of benzene rings is 2. The first-order valence-electron chi connectivity index (χ1n) is 8.44. The molecule has 112 valence electrons. The smallest absolute Gasteiger partial charge is 0.0642 e. The third kappa shape index (κ3) is 1.83. The quantitative estimate of drug-likeness (QED) is 0.794. The van der Waals surface area contributed by atoms with Crippen molar-refractivity contribution in [3.8, 4) is 0 Å². The molecule has 2 aromatic rings. The van der Waals surface area contributed by atoms with Gasteiger partial charge in [-0.3, -0.25) is 0 Å². The van der Waals surface area contributed by atoms with E-state index in [2.05, 4.69) is 47.4 Å². The summed E-state index contributed by atoms with van der Waals surface area (Å²) >= 11 is 0. The predicted octanol–water partition coefficient (Wildman–Crippen LogP) is 3.70. The van der Waals surface area contributed by atoms with Crippen molar-refractivity contribution in [3.05, 3.63) is 64.7 Å². The van der Waals surface area contributed by atoms with Gasteiger partial charge in [-0.25, -0.2) is 0 Å². The van der Waals surface area contributed by atoms with E-state index < -0.39 is 0 Å². The summed E-state index contributed by atoms with van der Waals surface area (Å²) in [6, 6.07) is 16.2. The van der Waals surface area contributed by atoms with Crippen LogP contribution in [0.3, 0.4) is 0 Å². The highest BCUT2D eigenvalue weighted by atomic mass is 16.5. The van der Waals surface area contributed by atoms with Crippen molar-refractivity contribution in [2.45, 2.75) is 24.7 Å². The summed E-state index contributed by atoms with van der Waals surface area (Å²) in [5, 5.41) is 0. The fourth-order valence-corrected chi connectivity index (χ4v) is 4.62. The second-order valence-electron chi connectivity index (χ2n) is 6.80. The van der Waals surface area contributed by atoms with Crippen LogP contribution in [0, 0.1) is 0 Å². The Balaban J connectivity index is 1.54. The highest BCUT2D eigenvalue weighted by molar-refractivity contribution is 5.58. The molecule has 0 aromatic heterocycles. The molecule has 0 radical (unpaired) electrons. The number of ether oxygens (including phenoxy) is 1. The first-order chi connectivity index (χ1) is 10.9. The number of rotatable bonds is 1. The molecule has 22 heavy (non-hydrogen) atoms. The molecule has 1 heterocycles. The average molecular weight is 291 g/mol. The van der Waals surface area contributed by atoms with E-state index in [9.17, 15) is 0 Å². The second kappa shape index (κ2) is 4.85. The van der Waals surface area contributed by atoms with Crippen LogP contribution in [0.5, 0.6) is 0 Å². The van der Waals surface area contributed by atoms with E-state index in [4.69, 9.17) is 4.74 Å². The minimum Gasteiger partial charge on any atom is -0.378 e. The van der Waals surface area contributed by atoms with E-state index in [0.29, 0.717) is 5.92 Å². The molecule has 2 bridgehead atoms. The highest BCUT2D eigenvalue weighted by Crippen LogP contribution is 2.51. The number of fused-ring (bicyclic) bond motifs is 7. The summed E-state index contributed by atoms with van der Waals surface area (Å²) in [7, 11) is 0. The Morgan fingerprint density at radius 3 is 2.59 bits per heavy atom. The first-order valence-corrected chi connectivity index (χ1v) is 8.44. The maximum Gasteiger partial charge on any atom is 0.0642 e. The maximum atomic E-state index is 5.48. The van der Waals surface area contributed by atoms with E-state index in [1.807, 2.05) is 0 Å². The zero-order chi connectivity index (χ0) is 14.5. The van der Waals surface area contributed by atoms with Gasteiger partial charge in [0.2, 0.25) is 0 Å². The molecular weight excluding hydrogens is 270 g/mol. The monoisotopic (exact) mass is 291 g/mol. The number of hydrogen-bond acceptors (Lipinski definition) is 2. The summed E-state index contributed by atoms with van der Waals surface area (Å²) < 4.78 is 5.48. The number of morpholine rings is 1. The van der Waals surface area contributed by atoms with Crippen molar-refractivity contribution in [2.75, 3.05) is 31.2 Å². The van der Waals surface area contributed by atoms with E-state index in [1.54, 1.807) is 22.3 Å².